The summed E-state index contributed by atoms with van der Waals surface area (Å²) in [6, 6.07) is 9.40. The molecule has 3 aromatic rings. The largest absolute Gasteiger partial charge is 0.280 e. The molecule has 7 heteroatoms. The maximum atomic E-state index is 13.5. The minimum Gasteiger partial charge on any atom is -0.273 e. The first-order chi connectivity index (χ1) is 12.8. The first kappa shape index (κ1) is 18.7. The van der Waals surface area contributed by atoms with Crippen molar-refractivity contribution in [2.24, 2.45) is 5.92 Å². The second-order valence-electron chi connectivity index (χ2n) is 6.77. The van der Waals surface area contributed by atoms with Crippen molar-refractivity contribution in [3.63, 3.8) is 0 Å². The highest BCUT2D eigenvalue weighted by Gasteiger charge is 2.15. The Labute approximate surface area is 154 Å². The molecule has 140 valence electrons. The van der Waals surface area contributed by atoms with E-state index in [4.69, 9.17) is 0 Å². The standard InChI is InChI=1S/C20H19F2N3O2/c1-12(2)8-18-23-17-11-15(22)6-7-16(17)20(27)25(18)24-19(26)10-13-4-3-5-14(21)9-13/h3-7,9,11-12H,8,10H2,1-2H3,(H,24,26). The lowest BCUT2D eigenvalue weighted by molar-refractivity contribution is -0.116. The van der Waals surface area contributed by atoms with Gasteiger partial charge in [-0.2, -0.15) is 0 Å². The van der Waals surface area contributed by atoms with Gasteiger partial charge >= 0.3 is 0 Å². The van der Waals surface area contributed by atoms with Crippen LogP contribution in [0.3, 0.4) is 0 Å². The molecular formula is C20H19F2N3O2. The van der Waals surface area contributed by atoms with Gasteiger partial charge < -0.3 is 0 Å². The molecule has 0 fully saturated rings. The van der Waals surface area contributed by atoms with Gasteiger partial charge in [-0.15, -0.1) is 0 Å². The van der Waals surface area contributed by atoms with E-state index in [0.29, 0.717) is 17.8 Å². The summed E-state index contributed by atoms with van der Waals surface area (Å²) in [5.41, 5.74) is 2.79. The lowest BCUT2D eigenvalue weighted by atomic mass is 10.1. The van der Waals surface area contributed by atoms with Crippen LogP contribution in [0.5, 0.6) is 0 Å². The summed E-state index contributed by atoms with van der Waals surface area (Å²) >= 11 is 0. The van der Waals surface area contributed by atoms with Gasteiger partial charge in [-0.3, -0.25) is 15.0 Å². The van der Waals surface area contributed by atoms with Crippen LogP contribution in [0.4, 0.5) is 8.78 Å². The molecule has 1 aromatic heterocycles. The molecule has 27 heavy (non-hydrogen) atoms. The summed E-state index contributed by atoms with van der Waals surface area (Å²) in [6.07, 6.45) is 0.328. The van der Waals surface area contributed by atoms with Crippen LogP contribution < -0.4 is 11.0 Å². The van der Waals surface area contributed by atoms with Gasteiger partial charge in [0.05, 0.1) is 17.3 Å². The van der Waals surface area contributed by atoms with E-state index in [2.05, 4.69) is 10.4 Å². The number of carbonyl (C=O) groups is 1. The quantitative estimate of drug-likeness (QED) is 0.749. The van der Waals surface area contributed by atoms with E-state index in [1.807, 2.05) is 13.8 Å². The van der Waals surface area contributed by atoms with Gasteiger partial charge in [0.1, 0.15) is 17.5 Å². The Bertz CT molecular complexity index is 1060. The van der Waals surface area contributed by atoms with E-state index in [-0.39, 0.29) is 23.2 Å². The number of rotatable bonds is 5. The van der Waals surface area contributed by atoms with E-state index >= 15 is 0 Å². The number of carbonyl (C=O) groups excluding carboxylic acids is 1. The lowest BCUT2D eigenvalue weighted by Crippen LogP contribution is -2.37. The molecule has 0 aliphatic rings. The van der Waals surface area contributed by atoms with Crippen molar-refractivity contribution in [2.75, 3.05) is 5.43 Å². The van der Waals surface area contributed by atoms with Crippen molar-refractivity contribution in [3.8, 4) is 0 Å². The molecule has 1 heterocycles. The molecule has 2 aromatic carbocycles. The number of nitrogens with one attached hydrogen (secondary N) is 1. The summed E-state index contributed by atoms with van der Waals surface area (Å²) in [5.74, 6) is -0.906. The molecular weight excluding hydrogens is 352 g/mol. The third-order valence-electron chi connectivity index (χ3n) is 3.98. The summed E-state index contributed by atoms with van der Waals surface area (Å²) in [4.78, 5) is 29.6. The first-order valence-electron chi connectivity index (χ1n) is 8.59. The molecule has 0 saturated carbocycles. The predicted molar refractivity (Wildman–Crippen MR) is 99.0 cm³/mol. The van der Waals surface area contributed by atoms with E-state index in [0.717, 1.165) is 4.68 Å². The predicted octanol–water partition coefficient (Wildman–Crippen LogP) is 3.19. The third-order valence-corrected chi connectivity index (χ3v) is 3.98. The molecule has 0 unspecified atom stereocenters. The molecule has 0 radical (unpaired) electrons. The number of halogens is 2. The zero-order valence-electron chi connectivity index (χ0n) is 15.0. The van der Waals surface area contributed by atoms with Gasteiger partial charge in [0.25, 0.3) is 5.56 Å². The van der Waals surface area contributed by atoms with Crippen LogP contribution in [0.1, 0.15) is 25.2 Å². The van der Waals surface area contributed by atoms with Gasteiger partial charge in [-0.25, -0.2) is 18.4 Å². The van der Waals surface area contributed by atoms with Gasteiger partial charge in [0.15, 0.2) is 0 Å². The van der Waals surface area contributed by atoms with Crippen LogP contribution in [-0.4, -0.2) is 15.6 Å². The molecule has 1 amide bonds. The highest BCUT2D eigenvalue weighted by atomic mass is 19.1. The first-order valence-corrected chi connectivity index (χ1v) is 8.59. The number of hydrogen-bond acceptors (Lipinski definition) is 3. The van der Waals surface area contributed by atoms with Gasteiger partial charge in [0.2, 0.25) is 5.91 Å². The second kappa shape index (κ2) is 7.65. The number of benzene rings is 2. The van der Waals surface area contributed by atoms with Crippen LogP contribution in [0.2, 0.25) is 0 Å². The van der Waals surface area contributed by atoms with Crippen molar-refractivity contribution in [3.05, 3.63) is 75.8 Å². The van der Waals surface area contributed by atoms with Crippen molar-refractivity contribution in [1.29, 1.82) is 0 Å². The SMILES string of the molecule is CC(C)Cc1nc2cc(F)ccc2c(=O)n1NC(=O)Cc1cccc(F)c1. The van der Waals surface area contributed by atoms with Crippen molar-refractivity contribution < 1.29 is 13.6 Å². The summed E-state index contributed by atoms with van der Waals surface area (Å²) in [6.45, 7) is 3.89. The van der Waals surface area contributed by atoms with Crippen LogP contribution in [-0.2, 0) is 17.6 Å². The minimum absolute atomic E-state index is 0.0905. The number of nitrogens with zero attached hydrogens (tertiary/aromatic N) is 2. The van der Waals surface area contributed by atoms with E-state index < -0.39 is 23.1 Å². The normalized spacial score (nSPS) is 11.1. The molecule has 0 aliphatic carbocycles. The molecule has 5 nitrogen and oxygen atoms in total. The average Bonchev–Trinajstić information content (AvgIpc) is 2.57. The summed E-state index contributed by atoms with van der Waals surface area (Å²) < 4.78 is 27.9. The van der Waals surface area contributed by atoms with Gasteiger partial charge in [0, 0.05) is 12.5 Å². The molecule has 0 spiro atoms. The minimum atomic E-state index is -0.488. The summed E-state index contributed by atoms with van der Waals surface area (Å²) in [5, 5.41) is 0.204. The maximum Gasteiger partial charge on any atom is 0.280 e. The number of fused-ring (bicyclic) bond motifs is 1. The Hall–Kier alpha value is -3.09. The van der Waals surface area contributed by atoms with Gasteiger partial charge in [-0.1, -0.05) is 26.0 Å². The van der Waals surface area contributed by atoms with E-state index in [9.17, 15) is 18.4 Å². The Kier molecular flexibility index (Phi) is 5.30. The number of aromatic nitrogens is 2. The van der Waals surface area contributed by atoms with Crippen molar-refractivity contribution in [2.45, 2.75) is 26.7 Å². The fourth-order valence-electron chi connectivity index (χ4n) is 2.82. The zero-order chi connectivity index (χ0) is 19.6. The van der Waals surface area contributed by atoms with E-state index in [1.54, 1.807) is 6.07 Å². The van der Waals surface area contributed by atoms with Crippen LogP contribution in [0, 0.1) is 17.6 Å². The van der Waals surface area contributed by atoms with Crippen molar-refractivity contribution in [1.82, 2.24) is 9.66 Å². The average molecular weight is 371 g/mol. The van der Waals surface area contributed by atoms with Crippen LogP contribution in [0.25, 0.3) is 10.9 Å². The fourth-order valence-corrected chi connectivity index (χ4v) is 2.82. The number of amides is 1. The smallest absolute Gasteiger partial charge is 0.273 e. The lowest BCUT2D eigenvalue weighted by Gasteiger charge is -2.16. The molecule has 0 bridgehead atoms. The Morgan fingerprint density at radius 2 is 1.89 bits per heavy atom. The Morgan fingerprint density at radius 3 is 2.59 bits per heavy atom. The van der Waals surface area contributed by atoms with Crippen molar-refractivity contribution >= 4 is 16.8 Å². The third kappa shape index (κ3) is 4.36. The number of hydrogen-bond donors (Lipinski definition) is 1. The highest BCUT2D eigenvalue weighted by molar-refractivity contribution is 5.86. The summed E-state index contributed by atoms with van der Waals surface area (Å²) in [7, 11) is 0. The van der Waals surface area contributed by atoms with Crippen LogP contribution in [0.15, 0.2) is 47.3 Å². The van der Waals surface area contributed by atoms with Crippen LogP contribution >= 0.6 is 0 Å². The van der Waals surface area contributed by atoms with Gasteiger partial charge in [-0.05, 0) is 35.7 Å². The molecule has 3 rings (SSSR count). The maximum absolute atomic E-state index is 13.5. The molecule has 0 aliphatic heterocycles. The highest BCUT2D eigenvalue weighted by Crippen LogP contribution is 2.13. The molecule has 0 saturated heterocycles. The Balaban J connectivity index is 1.98. The van der Waals surface area contributed by atoms with E-state index in [1.165, 1.54) is 36.4 Å². The zero-order valence-corrected chi connectivity index (χ0v) is 15.0. The monoisotopic (exact) mass is 371 g/mol. The topological polar surface area (TPSA) is 64.0 Å². The molecule has 0 atom stereocenters. The second-order valence-corrected chi connectivity index (χ2v) is 6.77. The Morgan fingerprint density at radius 1 is 1.15 bits per heavy atom. The molecule has 1 N–H and O–H groups in total. The fraction of sp³-hybridized carbons (Fsp3) is 0.250.